The second-order valence-corrected chi connectivity index (χ2v) is 6.33. The van der Waals surface area contributed by atoms with Gasteiger partial charge in [0.15, 0.2) is 0 Å². The number of rotatable bonds is 5. The van der Waals surface area contributed by atoms with E-state index < -0.39 is 5.91 Å². The lowest BCUT2D eigenvalue weighted by atomic mass is 10.1. The Morgan fingerprint density at radius 3 is 2.38 bits per heavy atom. The minimum atomic E-state index is -0.644. The van der Waals surface area contributed by atoms with E-state index in [1.165, 1.54) is 10.8 Å². The first kappa shape index (κ1) is 19.7. The Labute approximate surface area is 168 Å². The zero-order chi connectivity index (χ0) is 21.0. The van der Waals surface area contributed by atoms with Crippen LogP contribution in [0, 0.1) is 18.3 Å². The summed E-state index contributed by atoms with van der Waals surface area (Å²) in [4.78, 5) is 25.5. The van der Waals surface area contributed by atoms with Gasteiger partial charge in [0.05, 0.1) is 18.5 Å². The third-order valence-electron chi connectivity index (χ3n) is 4.58. The third-order valence-corrected chi connectivity index (χ3v) is 4.58. The normalized spacial score (nSPS) is 11.0. The highest BCUT2D eigenvalue weighted by atomic mass is 16.5. The molecule has 0 saturated carbocycles. The van der Waals surface area contributed by atoms with Gasteiger partial charge in [0.2, 0.25) is 0 Å². The molecule has 0 radical (unpaired) electrons. The standard InChI is InChI=1S/C22H20N4O3/c1-15-20(22(28)26(25(15)2)18-7-5-4-6-8-18)24-21(27)17(14-23)13-16-9-11-19(29-3)12-10-16/h4-13H,1-3H3,(H,24,27)/b17-13+. The topological polar surface area (TPSA) is 89.0 Å². The van der Waals surface area contributed by atoms with Gasteiger partial charge < -0.3 is 10.1 Å². The molecule has 0 atom stereocenters. The zero-order valence-corrected chi connectivity index (χ0v) is 16.3. The molecule has 1 heterocycles. The summed E-state index contributed by atoms with van der Waals surface area (Å²) < 4.78 is 8.22. The Kier molecular flexibility index (Phi) is 5.65. The molecule has 146 valence electrons. The van der Waals surface area contributed by atoms with Gasteiger partial charge in [0.1, 0.15) is 23.1 Å². The van der Waals surface area contributed by atoms with E-state index in [2.05, 4.69) is 5.32 Å². The molecule has 0 spiro atoms. The number of carbonyl (C=O) groups is 1. The number of nitrogens with one attached hydrogen (secondary N) is 1. The molecule has 3 aromatic rings. The molecule has 2 aromatic carbocycles. The van der Waals surface area contributed by atoms with E-state index >= 15 is 0 Å². The molecule has 0 saturated heterocycles. The van der Waals surface area contributed by atoms with Crippen LogP contribution in [0.25, 0.3) is 11.8 Å². The van der Waals surface area contributed by atoms with Gasteiger partial charge >= 0.3 is 0 Å². The molecule has 0 aliphatic rings. The van der Waals surface area contributed by atoms with Crippen LogP contribution in [0.4, 0.5) is 5.69 Å². The van der Waals surface area contributed by atoms with Crippen molar-refractivity contribution in [3.8, 4) is 17.5 Å². The van der Waals surface area contributed by atoms with Crippen LogP contribution in [0.15, 0.2) is 65.0 Å². The number of amides is 1. The molecule has 1 amide bonds. The van der Waals surface area contributed by atoms with E-state index in [4.69, 9.17) is 4.74 Å². The summed E-state index contributed by atoms with van der Waals surface area (Å²) in [6.45, 7) is 1.73. The number of nitrogens with zero attached hydrogens (tertiary/aromatic N) is 3. The Morgan fingerprint density at radius 1 is 1.14 bits per heavy atom. The molecule has 7 heteroatoms. The third kappa shape index (κ3) is 3.96. The summed E-state index contributed by atoms with van der Waals surface area (Å²) in [5.74, 6) is 0.0285. The first-order chi connectivity index (χ1) is 14.0. The fraction of sp³-hybridized carbons (Fsp3) is 0.136. The zero-order valence-electron chi connectivity index (χ0n) is 16.3. The summed E-state index contributed by atoms with van der Waals surface area (Å²) in [5, 5.41) is 12.0. The van der Waals surface area contributed by atoms with Gasteiger partial charge in [-0.05, 0) is 42.8 Å². The van der Waals surface area contributed by atoms with E-state index in [0.717, 1.165) is 0 Å². The minimum absolute atomic E-state index is 0.107. The lowest BCUT2D eigenvalue weighted by molar-refractivity contribution is -0.112. The number of para-hydroxylation sites is 1. The Balaban J connectivity index is 1.93. The van der Waals surface area contributed by atoms with Crippen molar-refractivity contribution in [1.82, 2.24) is 9.36 Å². The quantitative estimate of drug-likeness (QED) is 0.537. The SMILES string of the molecule is COc1ccc(/C=C(\C#N)C(=O)Nc2c(C)n(C)n(-c3ccccc3)c2=O)cc1. The van der Waals surface area contributed by atoms with E-state index in [9.17, 15) is 14.9 Å². The number of benzene rings is 2. The summed E-state index contributed by atoms with van der Waals surface area (Å²) in [5.41, 5.74) is 1.59. The van der Waals surface area contributed by atoms with Crippen LogP contribution in [0.5, 0.6) is 5.75 Å². The number of methoxy groups -OCH3 is 1. The van der Waals surface area contributed by atoms with Gasteiger partial charge in [-0.15, -0.1) is 0 Å². The molecule has 3 rings (SSSR count). The van der Waals surface area contributed by atoms with E-state index in [0.29, 0.717) is 22.7 Å². The number of nitriles is 1. The number of carbonyl (C=O) groups excluding carboxylic acids is 1. The molecular weight excluding hydrogens is 368 g/mol. The number of aromatic nitrogens is 2. The van der Waals surface area contributed by atoms with Crippen molar-refractivity contribution >= 4 is 17.7 Å². The maximum Gasteiger partial charge on any atom is 0.295 e. The van der Waals surface area contributed by atoms with Gasteiger partial charge in [-0.3, -0.25) is 14.3 Å². The molecule has 0 fully saturated rings. The van der Waals surface area contributed by atoms with E-state index in [1.807, 2.05) is 24.3 Å². The van der Waals surface area contributed by atoms with Crippen molar-refractivity contribution in [1.29, 1.82) is 5.26 Å². The second kappa shape index (κ2) is 8.31. The van der Waals surface area contributed by atoms with Gasteiger partial charge in [-0.25, -0.2) is 4.68 Å². The number of anilines is 1. The molecule has 7 nitrogen and oxygen atoms in total. The lowest BCUT2D eigenvalue weighted by Gasteiger charge is -2.07. The average Bonchev–Trinajstić information content (AvgIpc) is 2.96. The number of ether oxygens (including phenoxy) is 1. The minimum Gasteiger partial charge on any atom is -0.497 e. The lowest BCUT2D eigenvalue weighted by Crippen LogP contribution is -2.23. The molecular formula is C22H20N4O3. The fourth-order valence-corrected chi connectivity index (χ4v) is 2.91. The van der Waals surface area contributed by atoms with Crippen LogP contribution in [0.3, 0.4) is 0 Å². The van der Waals surface area contributed by atoms with Crippen LogP contribution in [-0.2, 0) is 11.8 Å². The Morgan fingerprint density at radius 2 is 1.79 bits per heavy atom. The predicted molar refractivity (Wildman–Crippen MR) is 111 cm³/mol. The van der Waals surface area contributed by atoms with Crippen LogP contribution < -0.4 is 15.6 Å². The first-order valence-corrected chi connectivity index (χ1v) is 8.87. The highest BCUT2D eigenvalue weighted by Crippen LogP contribution is 2.17. The molecule has 29 heavy (non-hydrogen) atoms. The summed E-state index contributed by atoms with van der Waals surface area (Å²) in [6.07, 6.45) is 1.46. The van der Waals surface area contributed by atoms with Crippen molar-refractivity contribution < 1.29 is 9.53 Å². The van der Waals surface area contributed by atoms with Crippen molar-refractivity contribution in [2.24, 2.45) is 7.05 Å². The van der Waals surface area contributed by atoms with Gasteiger partial charge in [0.25, 0.3) is 11.5 Å². The highest BCUT2D eigenvalue weighted by Gasteiger charge is 2.19. The average molecular weight is 388 g/mol. The largest absolute Gasteiger partial charge is 0.497 e. The van der Waals surface area contributed by atoms with Crippen molar-refractivity contribution in [3.63, 3.8) is 0 Å². The van der Waals surface area contributed by atoms with Crippen LogP contribution in [0.1, 0.15) is 11.3 Å². The van der Waals surface area contributed by atoms with E-state index in [-0.39, 0.29) is 16.8 Å². The van der Waals surface area contributed by atoms with E-state index in [1.54, 1.807) is 62.2 Å². The van der Waals surface area contributed by atoms with Gasteiger partial charge in [-0.2, -0.15) is 5.26 Å². The molecule has 0 aliphatic heterocycles. The molecule has 1 aromatic heterocycles. The number of hydrogen-bond acceptors (Lipinski definition) is 4. The van der Waals surface area contributed by atoms with Crippen LogP contribution >= 0.6 is 0 Å². The highest BCUT2D eigenvalue weighted by molar-refractivity contribution is 6.09. The predicted octanol–water partition coefficient (Wildman–Crippen LogP) is 3.04. The van der Waals surface area contributed by atoms with Crippen molar-refractivity contribution in [2.45, 2.75) is 6.92 Å². The summed E-state index contributed by atoms with van der Waals surface area (Å²) in [7, 11) is 3.29. The molecule has 1 N–H and O–H groups in total. The number of hydrogen-bond donors (Lipinski definition) is 1. The smallest absolute Gasteiger partial charge is 0.295 e. The maximum atomic E-state index is 12.9. The van der Waals surface area contributed by atoms with Crippen LogP contribution in [-0.4, -0.2) is 22.4 Å². The maximum absolute atomic E-state index is 12.9. The van der Waals surface area contributed by atoms with Crippen molar-refractivity contribution in [2.75, 3.05) is 12.4 Å². The van der Waals surface area contributed by atoms with Gasteiger partial charge in [0, 0.05) is 7.05 Å². The van der Waals surface area contributed by atoms with Gasteiger partial charge in [-0.1, -0.05) is 30.3 Å². The monoisotopic (exact) mass is 388 g/mol. The molecule has 0 unspecified atom stereocenters. The van der Waals surface area contributed by atoms with Crippen LogP contribution in [0.2, 0.25) is 0 Å². The van der Waals surface area contributed by atoms with Crippen molar-refractivity contribution in [3.05, 3.63) is 81.8 Å². The summed E-state index contributed by atoms with van der Waals surface area (Å²) in [6, 6.07) is 18.0. The molecule has 0 aliphatic carbocycles. The Hall–Kier alpha value is -4.05. The molecule has 0 bridgehead atoms. The summed E-state index contributed by atoms with van der Waals surface area (Å²) >= 11 is 0. The first-order valence-electron chi connectivity index (χ1n) is 8.87. The second-order valence-electron chi connectivity index (χ2n) is 6.33. The fourth-order valence-electron chi connectivity index (χ4n) is 2.91. The Bertz CT molecular complexity index is 1160.